The lowest BCUT2D eigenvalue weighted by molar-refractivity contribution is -0.118. The Morgan fingerprint density at radius 3 is 2.78 bits per heavy atom. The van der Waals surface area contributed by atoms with Crippen LogP contribution in [-0.2, 0) is 11.2 Å². The van der Waals surface area contributed by atoms with Gasteiger partial charge >= 0.3 is 0 Å². The molecule has 0 radical (unpaired) electrons. The second kappa shape index (κ2) is 8.52. The van der Waals surface area contributed by atoms with Crippen LogP contribution in [-0.4, -0.2) is 37.8 Å². The van der Waals surface area contributed by atoms with Crippen molar-refractivity contribution in [3.63, 3.8) is 0 Å². The number of aromatic nitrogens is 4. The predicted molar refractivity (Wildman–Crippen MR) is 108 cm³/mol. The molecule has 0 saturated carbocycles. The molecule has 0 fully saturated rings. The summed E-state index contributed by atoms with van der Waals surface area (Å²) in [6.45, 7) is 8.88. The van der Waals surface area contributed by atoms with Gasteiger partial charge in [0.15, 0.2) is 0 Å². The molecule has 27 heavy (non-hydrogen) atoms. The van der Waals surface area contributed by atoms with E-state index in [1.165, 1.54) is 22.9 Å². The van der Waals surface area contributed by atoms with Crippen LogP contribution in [0.2, 0.25) is 0 Å². The van der Waals surface area contributed by atoms with Crippen LogP contribution in [0.5, 0.6) is 0 Å². The first-order valence-corrected chi connectivity index (χ1v) is 10.1. The number of aryl methyl sites for hydroxylation is 3. The molecule has 0 aliphatic rings. The summed E-state index contributed by atoms with van der Waals surface area (Å²) >= 11 is 1.34. The number of hydrogen-bond acceptors (Lipinski definition) is 5. The fourth-order valence-electron chi connectivity index (χ4n) is 2.98. The molecular formula is C20H25N5OS. The van der Waals surface area contributed by atoms with Crippen LogP contribution in [0.1, 0.15) is 41.4 Å². The third-order valence-corrected chi connectivity index (χ3v) is 5.24. The van der Waals surface area contributed by atoms with Crippen molar-refractivity contribution in [1.29, 1.82) is 0 Å². The molecule has 0 aliphatic heterocycles. The standard InChI is InChI=1S/C20H25N5OS/c1-5-9-21-18(26)12-27-20-23-19-22-14(3)17(15(4)25(19)24-20)11-16-8-6-7-13(2)10-16/h6-8,10H,5,9,11-12H2,1-4H3,(H,21,26). The van der Waals surface area contributed by atoms with E-state index in [4.69, 9.17) is 0 Å². The zero-order valence-corrected chi connectivity index (χ0v) is 17.1. The Labute approximate surface area is 163 Å². The van der Waals surface area contributed by atoms with E-state index in [9.17, 15) is 4.79 Å². The highest BCUT2D eigenvalue weighted by Gasteiger charge is 2.15. The summed E-state index contributed by atoms with van der Waals surface area (Å²) in [7, 11) is 0. The van der Waals surface area contributed by atoms with Crippen LogP contribution in [0.15, 0.2) is 29.4 Å². The van der Waals surface area contributed by atoms with Gasteiger partial charge in [0.2, 0.25) is 11.1 Å². The Hall–Kier alpha value is -2.41. The van der Waals surface area contributed by atoms with Crippen molar-refractivity contribution in [1.82, 2.24) is 24.9 Å². The smallest absolute Gasteiger partial charge is 0.253 e. The zero-order valence-electron chi connectivity index (χ0n) is 16.2. The van der Waals surface area contributed by atoms with Gasteiger partial charge in [-0.05, 0) is 38.3 Å². The van der Waals surface area contributed by atoms with Gasteiger partial charge in [-0.15, -0.1) is 5.10 Å². The molecule has 1 aromatic carbocycles. The first-order valence-electron chi connectivity index (χ1n) is 9.15. The number of amides is 1. The normalized spacial score (nSPS) is 11.1. The number of rotatable bonds is 7. The molecule has 0 atom stereocenters. The monoisotopic (exact) mass is 383 g/mol. The molecular weight excluding hydrogens is 358 g/mol. The summed E-state index contributed by atoms with van der Waals surface area (Å²) in [4.78, 5) is 20.9. The van der Waals surface area contributed by atoms with Crippen molar-refractivity contribution in [2.75, 3.05) is 12.3 Å². The minimum Gasteiger partial charge on any atom is -0.355 e. The Morgan fingerprint density at radius 2 is 2.04 bits per heavy atom. The first kappa shape index (κ1) is 19.4. The van der Waals surface area contributed by atoms with Crippen molar-refractivity contribution in [3.8, 4) is 0 Å². The fourth-order valence-corrected chi connectivity index (χ4v) is 3.63. The van der Waals surface area contributed by atoms with E-state index in [-0.39, 0.29) is 5.91 Å². The number of carbonyl (C=O) groups excluding carboxylic acids is 1. The van der Waals surface area contributed by atoms with Crippen LogP contribution in [0.4, 0.5) is 0 Å². The molecule has 0 bridgehead atoms. The summed E-state index contributed by atoms with van der Waals surface area (Å²) in [5.41, 5.74) is 5.66. The molecule has 3 rings (SSSR count). The zero-order chi connectivity index (χ0) is 19.4. The van der Waals surface area contributed by atoms with E-state index >= 15 is 0 Å². The highest BCUT2D eigenvalue weighted by molar-refractivity contribution is 7.99. The van der Waals surface area contributed by atoms with E-state index in [0.29, 0.717) is 23.2 Å². The number of benzene rings is 1. The summed E-state index contributed by atoms with van der Waals surface area (Å²) in [6.07, 6.45) is 1.74. The number of carbonyl (C=O) groups is 1. The van der Waals surface area contributed by atoms with Crippen LogP contribution in [0, 0.1) is 20.8 Å². The lowest BCUT2D eigenvalue weighted by Gasteiger charge is -2.10. The summed E-state index contributed by atoms with van der Waals surface area (Å²) in [5.74, 6) is 0.890. The van der Waals surface area contributed by atoms with Crippen molar-refractivity contribution in [2.24, 2.45) is 0 Å². The molecule has 2 aromatic heterocycles. The Balaban J connectivity index is 1.82. The van der Waals surface area contributed by atoms with E-state index < -0.39 is 0 Å². The van der Waals surface area contributed by atoms with Gasteiger partial charge in [0.1, 0.15) is 0 Å². The average Bonchev–Trinajstić information content (AvgIpc) is 3.05. The maximum Gasteiger partial charge on any atom is 0.253 e. The summed E-state index contributed by atoms with van der Waals surface area (Å²) in [6, 6.07) is 8.51. The second-order valence-corrected chi connectivity index (χ2v) is 7.61. The molecule has 142 valence electrons. The minimum absolute atomic E-state index is 0.00158. The molecule has 0 unspecified atom stereocenters. The van der Waals surface area contributed by atoms with Gasteiger partial charge in [0, 0.05) is 24.4 Å². The molecule has 0 saturated heterocycles. The summed E-state index contributed by atoms with van der Waals surface area (Å²) in [5, 5.41) is 7.98. The van der Waals surface area contributed by atoms with Crippen LogP contribution >= 0.6 is 11.8 Å². The van der Waals surface area contributed by atoms with E-state index in [0.717, 1.165) is 29.8 Å². The number of nitrogens with one attached hydrogen (secondary N) is 1. The lowest BCUT2D eigenvalue weighted by Crippen LogP contribution is -2.25. The summed E-state index contributed by atoms with van der Waals surface area (Å²) < 4.78 is 1.78. The van der Waals surface area contributed by atoms with Gasteiger partial charge in [0.25, 0.3) is 5.78 Å². The van der Waals surface area contributed by atoms with Gasteiger partial charge in [-0.3, -0.25) is 4.79 Å². The molecule has 1 amide bonds. The molecule has 2 heterocycles. The van der Waals surface area contributed by atoms with E-state index in [1.54, 1.807) is 4.52 Å². The van der Waals surface area contributed by atoms with Crippen molar-refractivity contribution < 1.29 is 4.79 Å². The Bertz CT molecular complexity index is 966. The maximum atomic E-state index is 11.8. The van der Waals surface area contributed by atoms with Crippen molar-refractivity contribution >= 4 is 23.4 Å². The minimum atomic E-state index is 0.00158. The Kier molecular flexibility index (Phi) is 6.11. The maximum absolute atomic E-state index is 11.8. The third-order valence-electron chi connectivity index (χ3n) is 4.40. The molecule has 0 aliphatic carbocycles. The van der Waals surface area contributed by atoms with Crippen LogP contribution < -0.4 is 5.32 Å². The SMILES string of the molecule is CCCNC(=O)CSc1nc2nc(C)c(Cc3cccc(C)c3)c(C)n2n1. The van der Waals surface area contributed by atoms with Crippen molar-refractivity contribution in [3.05, 3.63) is 52.3 Å². The van der Waals surface area contributed by atoms with E-state index in [2.05, 4.69) is 51.6 Å². The van der Waals surface area contributed by atoms with Gasteiger partial charge < -0.3 is 5.32 Å². The van der Waals surface area contributed by atoms with Crippen LogP contribution in [0.3, 0.4) is 0 Å². The number of fused-ring (bicyclic) bond motifs is 1. The number of hydrogen-bond donors (Lipinski definition) is 1. The molecule has 1 N–H and O–H groups in total. The second-order valence-electron chi connectivity index (χ2n) is 6.67. The van der Waals surface area contributed by atoms with Gasteiger partial charge in [0.05, 0.1) is 5.75 Å². The highest BCUT2D eigenvalue weighted by atomic mass is 32.2. The van der Waals surface area contributed by atoms with Gasteiger partial charge in [-0.1, -0.05) is 48.5 Å². The van der Waals surface area contributed by atoms with Crippen LogP contribution in [0.25, 0.3) is 5.78 Å². The molecule has 7 heteroatoms. The largest absolute Gasteiger partial charge is 0.355 e. The number of thioether (sulfide) groups is 1. The molecule has 6 nitrogen and oxygen atoms in total. The third kappa shape index (κ3) is 4.66. The quantitative estimate of drug-likeness (QED) is 0.634. The Morgan fingerprint density at radius 1 is 1.22 bits per heavy atom. The number of nitrogens with zero attached hydrogens (tertiary/aromatic N) is 4. The lowest BCUT2D eigenvalue weighted by atomic mass is 10.0. The molecule has 0 spiro atoms. The van der Waals surface area contributed by atoms with Gasteiger partial charge in [-0.2, -0.15) is 4.98 Å². The fraction of sp³-hybridized carbons (Fsp3) is 0.400. The van der Waals surface area contributed by atoms with Crippen molar-refractivity contribution in [2.45, 2.75) is 45.7 Å². The van der Waals surface area contributed by atoms with E-state index in [1.807, 2.05) is 20.8 Å². The topological polar surface area (TPSA) is 72.2 Å². The molecule has 3 aromatic rings. The highest BCUT2D eigenvalue weighted by Crippen LogP contribution is 2.21. The predicted octanol–water partition coefficient (Wildman–Crippen LogP) is 3.26. The van der Waals surface area contributed by atoms with Gasteiger partial charge in [-0.25, -0.2) is 9.50 Å². The average molecular weight is 384 g/mol. The first-order chi connectivity index (χ1) is 13.0.